The lowest BCUT2D eigenvalue weighted by atomic mass is 10.1. The van der Waals surface area contributed by atoms with Crippen molar-refractivity contribution in [2.24, 2.45) is 0 Å². The van der Waals surface area contributed by atoms with Gasteiger partial charge in [-0.3, -0.25) is 0 Å². The maximum Gasteiger partial charge on any atom is 0.412 e. The molecule has 0 spiro atoms. The molecule has 0 unspecified atom stereocenters. The first-order valence-electron chi connectivity index (χ1n) is 9.11. The summed E-state index contributed by atoms with van der Waals surface area (Å²) in [5.74, 6) is 0.659. The number of methoxy groups -OCH3 is 1. The van der Waals surface area contributed by atoms with E-state index >= 15 is 0 Å². The zero-order valence-corrected chi connectivity index (χ0v) is 16.3. The molecular weight excluding hydrogens is 378 g/mol. The predicted molar refractivity (Wildman–Crippen MR) is 107 cm³/mol. The van der Waals surface area contributed by atoms with Gasteiger partial charge in [-0.25, -0.2) is 9.59 Å². The zero-order chi connectivity index (χ0) is 20.9. The van der Waals surface area contributed by atoms with Crippen LogP contribution in [0.15, 0.2) is 49.1 Å². The first-order valence-corrected chi connectivity index (χ1v) is 9.11. The largest absolute Gasteiger partial charge is 0.491 e. The highest BCUT2D eigenvalue weighted by Crippen LogP contribution is 2.28. The van der Waals surface area contributed by atoms with Gasteiger partial charge in [0.15, 0.2) is 0 Å². The lowest BCUT2D eigenvalue weighted by Crippen LogP contribution is -2.30. The number of hydrogen-bond acceptors (Lipinski definition) is 7. The van der Waals surface area contributed by atoms with Gasteiger partial charge in [0.1, 0.15) is 24.7 Å². The van der Waals surface area contributed by atoms with Crippen molar-refractivity contribution in [2.75, 3.05) is 46.7 Å². The summed E-state index contributed by atoms with van der Waals surface area (Å²) in [5, 5.41) is 4.40. The van der Waals surface area contributed by atoms with Crippen molar-refractivity contribution in [3.63, 3.8) is 0 Å². The number of benzene rings is 2. The van der Waals surface area contributed by atoms with E-state index in [0.29, 0.717) is 19.0 Å². The minimum atomic E-state index is -0.585. The second kappa shape index (κ2) is 12.4. The lowest BCUT2D eigenvalue weighted by Gasteiger charge is -2.11. The van der Waals surface area contributed by atoms with E-state index in [9.17, 15) is 9.59 Å². The fourth-order valence-corrected chi connectivity index (χ4v) is 2.39. The third-order valence-corrected chi connectivity index (χ3v) is 3.72. The molecule has 0 fully saturated rings. The van der Waals surface area contributed by atoms with Crippen molar-refractivity contribution < 1.29 is 33.3 Å². The molecule has 0 atom stereocenters. The van der Waals surface area contributed by atoms with E-state index in [2.05, 4.69) is 11.9 Å². The molecule has 156 valence electrons. The summed E-state index contributed by atoms with van der Waals surface area (Å²) in [4.78, 5) is 22.7. The molecular formula is C21H25NO7. The second-order valence-corrected chi connectivity index (χ2v) is 5.78. The predicted octanol–water partition coefficient (Wildman–Crippen LogP) is 2.70. The van der Waals surface area contributed by atoms with Gasteiger partial charge in [0.05, 0.1) is 19.8 Å². The first kappa shape index (κ1) is 22.2. The number of rotatable bonds is 12. The van der Waals surface area contributed by atoms with E-state index in [0.717, 1.165) is 22.6 Å². The van der Waals surface area contributed by atoms with Crippen LogP contribution in [0, 0.1) is 0 Å². The number of fused-ring (bicyclic) bond motifs is 1. The molecule has 0 aliphatic heterocycles. The van der Waals surface area contributed by atoms with Crippen LogP contribution < -0.4 is 14.8 Å². The molecule has 8 heteroatoms. The third-order valence-electron chi connectivity index (χ3n) is 3.72. The molecule has 0 aromatic heterocycles. The number of carbonyl (C=O) groups is 2. The van der Waals surface area contributed by atoms with Gasteiger partial charge in [0.2, 0.25) is 0 Å². The van der Waals surface area contributed by atoms with E-state index in [1.165, 1.54) is 0 Å². The number of esters is 1. The monoisotopic (exact) mass is 403 g/mol. The molecule has 29 heavy (non-hydrogen) atoms. The molecule has 8 nitrogen and oxygen atoms in total. The summed E-state index contributed by atoms with van der Waals surface area (Å²) in [6.07, 6.45) is 0.498. The van der Waals surface area contributed by atoms with Crippen molar-refractivity contribution in [3.05, 3.63) is 49.1 Å². The summed E-state index contributed by atoms with van der Waals surface area (Å²) < 4.78 is 26.0. The highest BCUT2D eigenvalue weighted by molar-refractivity contribution is 5.90. The standard InChI is InChI=1S/C21H25NO7/c1-3-20(23)28-14-12-26-10-9-22-21(24)29-17-7-8-18-16(15-17)5-4-6-19(18)27-13-11-25-2/h3-8,15H,1,9-14H2,2H3,(H,22,24). The van der Waals surface area contributed by atoms with Gasteiger partial charge in [-0.2, -0.15) is 0 Å². The first-order chi connectivity index (χ1) is 14.1. The number of carbonyl (C=O) groups excluding carboxylic acids is 2. The Labute approximate surface area is 169 Å². The van der Waals surface area contributed by atoms with E-state index in [1.807, 2.05) is 24.3 Å². The minimum Gasteiger partial charge on any atom is -0.491 e. The molecule has 0 aliphatic rings. The highest BCUT2D eigenvalue weighted by atomic mass is 16.6. The zero-order valence-electron chi connectivity index (χ0n) is 16.3. The third kappa shape index (κ3) is 7.81. The number of nitrogens with one attached hydrogen (secondary N) is 1. The number of amides is 1. The summed E-state index contributed by atoms with van der Waals surface area (Å²) in [6.45, 7) is 5.13. The van der Waals surface area contributed by atoms with Crippen LogP contribution in [-0.4, -0.2) is 58.8 Å². The van der Waals surface area contributed by atoms with E-state index < -0.39 is 12.1 Å². The SMILES string of the molecule is C=CC(=O)OCCOCCNC(=O)Oc1ccc2c(OCCOC)cccc2c1. The maximum absolute atomic E-state index is 11.9. The Bertz CT molecular complexity index is 822. The van der Waals surface area contributed by atoms with Crippen LogP contribution in [-0.2, 0) is 19.0 Å². The normalized spacial score (nSPS) is 10.4. The molecule has 2 aromatic rings. The highest BCUT2D eigenvalue weighted by Gasteiger charge is 2.07. The summed E-state index contributed by atoms with van der Waals surface area (Å²) >= 11 is 0. The molecule has 0 aliphatic carbocycles. The van der Waals surface area contributed by atoms with Gasteiger partial charge < -0.3 is 29.0 Å². The Hall–Kier alpha value is -3.10. The molecule has 1 N–H and O–H groups in total. The Morgan fingerprint density at radius 1 is 1.07 bits per heavy atom. The van der Waals surface area contributed by atoms with Gasteiger partial charge in [-0.05, 0) is 29.7 Å². The minimum absolute atomic E-state index is 0.129. The molecule has 0 heterocycles. The van der Waals surface area contributed by atoms with Gasteiger partial charge >= 0.3 is 12.1 Å². The van der Waals surface area contributed by atoms with Crippen LogP contribution in [0.1, 0.15) is 0 Å². The van der Waals surface area contributed by atoms with Crippen molar-refractivity contribution in [3.8, 4) is 11.5 Å². The smallest absolute Gasteiger partial charge is 0.412 e. The van der Waals surface area contributed by atoms with Crippen molar-refractivity contribution >= 4 is 22.8 Å². The number of hydrogen-bond donors (Lipinski definition) is 1. The summed E-state index contributed by atoms with van der Waals surface area (Å²) in [7, 11) is 1.62. The van der Waals surface area contributed by atoms with Crippen LogP contribution in [0.5, 0.6) is 11.5 Å². The average Bonchev–Trinajstić information content (AvgIpc) is 2.73. The molecule has 1 amide bonds. The molecule has 0 radical (unpaired) electrons. The lowest BCUT2D eigenvalue weighted by molar-refractivity contribution is -0.139. The van der Waals surface area contributed by atoms with Crippen LogP contribution in [0.25, 0.3) is 10.8 Å². The molecule has 2 rings (SSSR count). The van der Waals surface area contributed by atoms with Gasteiger partial charge in [-0.15, -0.1) is 0 Å². The van der Waals surface area contributed by atoms with E-state index in [4.69, 9.17) is 23.7 Å². The molecule has 0 saturated heterocycles. The second-order valence-electron chi connectivity index (χ2n) is 5.78. The molecule has 0 bridgehead atoms. The van der Waals surface area contributed by atoms with E-state index in [-0.39, 0.29) is 26.4 Å². The van der Waals surface area contributed by atoms with Crippen molar-refractivity contribution in [1.29, 1.82) is 0 Å². The average molecular weight is 403 g/mol. The van der Waals surface area contributed by atoms with Crippen LogP contribution in [0.2, 0.25) is 0 Å². The Morgan fingerprint density at radius 3 is 2.72 bits per heavy atom. The summed E-state index contributed by atoms with van der Waals surface area (Å²) in [6, 6.07) is 11.0. The number of ether oxygens (including phenoxy) is 5. The summed E-state index contributed by atoms with van der Waals surface area (Å²) in [5.41, 5.74) is 0. The maximum atomic E-state index is 11.9. The van der Waals surface area contributed by atoms with Gasteiger partial charge in [0, 0.05) is 25.1 Å². The van der Waals surface area contributed by atoms with Gasteiger partial charge in [-0.1, -0.05) is 18.7 Å². The Kier molecular flexibility index (Phi) is 9.47. The van der Waals surface area contributed by atoms with Crippen molar-refractivity contribution in [1.82, 2.24) is 5.32 Å². The fourth-order valence-electron chi connectivity index (χ4n) is 2.39. The quantitative estimate of drug-likeness (QED) is 0.331. The Balaban J connectivity index is 1.75. The van der Waals surface area contributed by atoms with Crippen LogP contribution >= 0.6 is 0 Å². The van der Waals surface area contributed by atoms with Gasteiger partial charge in [0.25, 0.3) is 0 Å². The Morgan fingerprint density at radius 2 is 1.93 bits per heavy atom. The topological polar surface area (TPSA) is 92.3 Å². The van der Waals surface area contributed by atoms with Crippen molar-refractivity contribution in [2.45, 2.75) is 0 Å². The van der Waals surface area contributed by atoms with E-state index in [1.54, 1.807) is 19.2 Å². The van der Waals surface area contributed by atoms with Crippen LogP contribution in [0.3, 0.4) is 0 Å². The fraction of sp³-hybridized carbons (Fsp3) is 0.333. The molecule has 2 aromatic carbocycles. The van der Waals surface area contributed by atoms with Crippen LogP contribution in [0.4, 0.5) is 4.79 Å². The molecule has 0 saturated carbocycles.